The molecular weight excluding hydrogens is 239 g/mol. The van der Waals surface area contributed by atoms with Gasteiger partial charge in [-0.3, -0.25) is 4.98 Å². The third-order valence-corrected chi connectivity index (χ3v) is 3.49. The van der Waals surface area contributed by atoms with E-state index >= 15 is 0 Å². The molecule has 1 aromatic heterocycles. The molecular formula is C16H23FN2. The van der Waals surface area contributed by atoms with Gasteiger partial charge in [-0.2, -0.15) is 0 Å². The van der Waals surface area contributed by atoms with Crippen LogP contribution in [0.15, 0.2) is 30.0 Å². The molecule has 0 aromatic carbocycles. The van der Waals surface area contributed by atoms with Crippen LogP contribution in [-0.2, 0) is 0 Å². The molecule has 0 radical (unpaired) electrons. The molecule has 0 saturated carbocycles. The van der Waals surface area contributed by atoms with E-state index in [1.54, 1.807) is 6.07 Å². The van der Waals surface area contributed by atoms with Crippen molar-refractivity contribution in [3.63, 3.8) is 0 Å². The van der Waals surface area contributed by atoms with Crippen LogP contribution in [0.5, 0.6) is 0 Å². The largest absolute Gasteiger partial charge is 0.303 e. The number of rotatable bonds is 4. The Balaban J connectivity index is 2.24. The lowest BCUT2D eigenvalue weighted by molar-refractivity contribution is 0.498. The van der Waals surface area contributed by atoms with Crippen molar-refractivity contribution >= 4 is 0 Å². The van der Waals surface area contributed by atoms with Crippen LogP contribution in [0.25, 0.3) is 0 Å². The summed E-state index contributed by atoms with van der Waals surface area (Å²) in [7, 11) is 0. The molecule has 1 aliphatic rings. The summed E-state index contributed by atoms with van der Waals surface area (Å²) in [5, 5.41) is 3.56. The van der Waals surface area contributed by atoms with Gasteiger partial charge in [0.1, 0.15) is 5.82 Å². The van der Waals surface area contributed by atoms with Crippen molar-refractivity contribution in [2.75, 3.05) is 0 Å². The first-order valence-corrected chi connectivity index (χ1v) is 7.23. The van der Waals surface area contributed by atoms with Crippen LogP contribution >= 0.6 is 0 Å². The molecule has 1 N–H and O–H groups in total. The van der Waals surface area contributed by atoms with Crippen LogP contribution in [-0.4, -0.2) is 11.0 Å². The number of pyridine rings is 1. The maximum Gasteiger partial charge on any atom is 0.141 e. The number of halogens is 1. The highest BCUT2D eigenvalue weighted by Crippen LogP contribution is 2.28. The summed E-state index contributed by atoms with van der Waals surface area (Å²) in [4.78, 5) is 4.26. The van der Waals surface area contributed by atoms with E-state index in [-0.39, 0.29) is 11.9 Å². The predicted molar refractivity (Wildman–Crippen MR) is 76.4 cm³/mol. The standard InChI is InChI=1S/C16H23FN2/c1-12(2)19-16(13-7-5-3-4-6-8-13)15-10-9-14(17)11-18-15/h7,9-12,16,19H,3-6,8H2,1-2H3. The third kappa shape index (κ3) is 4.13. The first-order valence-electron chi connectivity index (χ1n) is 7.23. The van der Waals surface area contributed by atoms with Crippen LogP contribution in [0.2, 0.25) is 0 Å². The van der Waals surface area contributed by atoms with Crippen LogP contribution < -0.4 is 5.32 Å². The summed E-state index contributed by atoms with van der Waals surface area (Å²) in [6, 6.07) is 3.79. The zero-order valence-electron chi connectivity index (χ0n) is 11.8. The molecule has 19 heavy (non-hydrogen) atoms. The molecule has 1 heterocycles. The van der Waals surface area contributed by atoms with Gasteiger partial charge in [-0.15, -0.1) is 0 Å². The quantitative estimate of drug-likeness (QED) is 0.824. The Bertz CT molecular complexity index is 423. The summed E-state index contributed by atoms with van der Waals surface area (Å²) in [6.45, 7) is 4.27. The SMILES string of the molecule is CC(C)NC(C1=CCCCCC1)c1ccc(F)cn1. The molecule has 0 spiro atoms. The van der Waals surface area contributed by atoms with Crippen molar-refractivity contribution in [1.82, 2.24) is 10.3 Å². The summed E-state index contributed by atoms with van der Waals surface area (Å²) in [5.74, 6) is -0.276. The molecule has 104 valence electrons. The van der Waals surface area contributed by atoms with Gasteiger partial charge in [-0.1, -0.05) is 18.1 Å². The fourth-order valence-corrected chi connectivity index (χ4v) is 2.58. The summed E-state index contributed by atoms with van der Waals surface area (Å²) in [6.07, 6.45) is 9.72. The lowest BCUT2D eigenvalue weighted by atomic mass is 9.98. The van der Waals surface area contributed by atoms with E-state index in [2.05, 4.69) is 30.2 Å². The van der Waals surface area contributed by atoms with Gasteiger partial charge in [0, 0.05) is 6.04 Å². The lowest BCUT2D eigenvalue weighted by Crippen LogP contribution is -2.30. The van der Waals surface area contributed by atoms with E-state index in [0.717, 1.165) is 18.5 Å². The molecule has 1 aromatic rings. The van der Waals surface area contributed by atoms with Crippen molar-refractivity contribution in [3.05, 3.63) is 41.5 Å². The second-order valence-corrected chi connectivity index (χ2v) is 5.53. The fourth-order valence-electron chi connectivity index (χ4n) is 2.58. The van der Waals surface area contributed by atoms with Crippen molar-refractivity contribution in [3.8, 4) is 0 Å². The summed E-state index contributed by atoms with van der Waals surface area (Å²) >= 11 is 0. The van der Waals surface area contributed by atoms with Gasteiger partial charge in [0.25, 0.3) is 0 Å². The Morgan fingerprint density at radius 2 is 2.05 bits per heavy atom. The third-order valence-electron chi connectivity index (χ3n) is 3.49. The van der Waals surface area contributed by atoms with E-state index in [1.165, 1.54) is 37.1 Å². The molecule has 2 nitrogen and oxygen atoms in total. The molecule has 1 unspecified atom stereocenters. The van der Waals surface area contributed by atoms with Crippen molar-refractivity contribution in [2.45, 2.75) is 58.0 Å². The Kier molecular flexibility index (Phi) is 5.08. The van der Waals surface area contributed by atoms with Crippen LogP contribution in [0.4, 0.5) is 4.39 Å². The Labute approximate surface area is 115 Å². The Morgan fingerprint density at radius 3 is 2.74 bits per heavy atom. The highest BCUT2D eigenvalue weighted by molar-refractivity contribution is 5.23. The van der Waals surface area contributed by atoms with Crippen LogP contribution in [0, 0.1) is 5.82 Å². The first kappa shape index (κ1) is 14.2. The van der Waals surface area contributed by atoms with E-state index in [9.17, 15) is 4.39 Å². The molecule has 0 aliphatic heterocycles. The van der Waals surface area contributed by atoms with Crippen molar-refractivity contribution < 1.29 is 4.39 Å². The van der Waals surface area contributed by atoms with Gasteiger partial charge >= 0.3 is 0 Å². The minimum atomic E-state index is -0.276. The molecule has 0 amide bonds. The zero-order chi connectivity index (χ0) is 13.7. The van der Waals surface area contributed by atoms with Crippen molar-refractivity contribution in [2.24, 2.45) is 0 Å². The van der Waals surface area contributed by atoms with Gasteiger partial charge < -0.3 is 5.32 Å². The van der Waals surface area contributed by atoms with Gasteiger partial charge in [-0.25, -0.2) is 4.39 Å². The number of hydrogen-bond donors (Lipinski definition) is 1. The molecule has 1 aliphatic carbocycles. The maximum absolute atomic E-state index is 13.0. The van der Waals surface area contributed by atoms with E-state index < -0.39 is 0 Å². The topological polar surface area (TPSA) is 24.9 Å². The number of nitrogens with one attached hydrogen (secondary N) is 1. The molecule has 2 rings (SSSR count). The second kappa shape index (κ2) is 6.80. The van der Waals surface area contributed by atoms with Crippen LogP contribution in [0.3, 0.4) is 0 Å². The number of allylic oxidation sites excluding steroid dienone is 1. The molecule has 3 heteroatoms. The predicted octanol–water partition coefficient (Wildman–Crippen LogP) is 4.15. The monoisotopic (exact) mass is 262 g/mol. The summed E-state index contributed by atoms with van der Waals surface area (Å²) < 4.78 is 13.0. The minimum absolute atomic E-state index is 0.124. The average Bonchev–Trinajstić information content (AvgIpc) is 2.65. The van der Waals surface area contributed by atoms with E-state index in [0.29, 0.717) is 6.04 Å². The minimum Gasteiger partial charge on any atom is -0.303 e. The lowest BCUT2D eigenvalue weighted by Gasteiger charge is -2.23. The van der Waals surface area contributed by atoms with Gasteiger partial charge in [0.2, 0.25) is 0 Å². The second-order valence-electron chi connectivity index (χ2n) is 5.53. The number of nitrogens with zero attached hydrogens (tertiary/aromatic N) is 1. The van der Waals surface area contributed by atoms with Crippen LogP contribution in [0.1, 0.15) is 57.7 Å². The zero-order valence-corrected chi connectivity index (χ0v) is 11.8. The summed E-state index contributed by atoms with van der Waals surface area (Å²) in [5.41, 5.74) is 2.33. The highest BCUT2D eigenvalue weighted by atomic mass is 19.1. The Morgan fingerprint density at radius 1 is 1.21 bits per heavy atom. The smallest absolute Gasteiger partial charge is 0.141 e. The molecule has 0 bridgehead atoms. The normalized spacial score (nSPS) is 18.0. The fraction of sp³-hybridized carbons (Fsp3) is 0.562. The van der Waals surface area contributed by atoms with Gasteiger partial charge in [0.15, 0.2) is 0 Å². The molecule has 0 fully saturated rings. The van der Waals surface area contributed by atoms with Crippen molar-refractivity contribution in [1.29, 1.82) is 0 Å². The highest BCUT2D eigenvalue weighted by Gasteiger charge is 2.19. The average molecular weight is 262 g/mol. The molecule has 1 atom stereocenters. The van der Waals surface area contributed by atoms with E-state index in [4.69, 9.17) is 0 Å². The first-order chi connectivity index (χ1) is 9.16. The number of aromatic nitrogens is 1. The Hall–Kier alpha value is -1.22. The molecule has 0 saturated heterocycles. The maximum atomic E-state index is 13.0. The van der Waals surface area contributed by atoms with Gasteiger partial charge in [0.05, 0.1) is 17.9 Å². The van der Waals surface area contributed by atoms with E-state index in [1.807, 2.05) is 0 Å². The van der Waals surface area contributed by atoms with Gasteiger partial charge in [-0.05, 0) is 51.7 Å². The number of hydrogen-bond acceptors (Lipinski definition) is 2.